The van der Waals surface area contributed by atoms with Gasteiger partial charge < -0.3 is 11.1 Å². The average Bonchev–Trinajstić information content (AvgIpc) is 2.71. The highest BCUT2D eigenvalue weighted by Crippen LogP contribution is 2.28. The minimum absolute atomic E-state index is 0.0158. The van der Waals surface area contributed by atoms with E-state index in [1.165, 1.54) is 28.6 Å². The number of primary amides is 1. The molecular weight excluding hydrogens is 473 g/mol. The predicted octanol–water partition coefficient (Wildman–Crippen LogP) is 4.31. The molecule has 0 bridgehead atoms. The van der Waals surface area contributed by atoms with Crippen LogP contribution in [0.1, 0.15) is 26.3 Å². The molecule has 0 aliphatic carbocycles. The summed E-state index contributed by atoms with van der Waals surface area (Å²) in [6.45, 7) is 0.0158. The normalized spacial score (nSPS) is 11.1. The van der Waals surface area contributed by atoms with Gasteiger partial charge >= 0.3 is 0 Å². The Balaban J connectivity index is 1.81. The second-order valence-electron chi connectivity index (χ2n) is 6.96. The number of sulfonamides is 1. The monoisotopic (exact) mass is 491 g/mol. The van der Waals surface area contributed by atoms with E-state index in [0.29, 0.717) is 32.5 Å². The Labute approximate surface area is 195 Å². The van der Waals surface area contributed by atoms with Crippen molar-refractivity contribution in [3.05, 3.63) is 93.5 Å². The highest BCUT2D eigenvalue weighted by atomic mass is 35.5. The van der Waals surface area contributed by atoms with Crippen LogP contribution >= 0.6 is 23.2 Å². The standard InChI is InChI=1S/C22H19Cl2N3O4S/c1-32(30,31)27(18-11-16(23)10-17(24)12-18)13-14-6-8-15(9-7-14)22(29)26-20-5-3-2-4-19(20)21(25)28/h2-12H,13H2,1H3,(H2,25,28)(H,26,29). The summed E-state index contributed by atoms with van der Waals surface area (Å²) in [4.78, 5) is 24.1. The smallest absolute Gasteiger partial charge is 0.255 e. The average molecular weight is 492 g/mol. The van der Waals surface area contributed by atoms with Crippen LogP contribution in [0.25, 0.3) is 0 Å². The van der Waals surface area contributed by atoms with E-state index in [-0.39, 0.29) is 12.1 Å². The van der Waals surface area contributed by atoms with E-state index in [4.69, 9.17) is 28.9 Å². The zero-order valence-electron chi connectivity index (χ0n) is 16.9. The van der Waals surface area contributed by atoms with E-state index < -0.39 is 21.8 Å². The summed E-state index contributed by atoms with van der Waals surface area (Å²) in [5.41, 5.74) is 7.13. The maximum atomic E-state index is 12.6. The van der Waals surface area contributed by atoms with Crippen molar-refractivity contribution in [3.8, 4) is 0 Å². The molecule has 3 aromatic carbocycles. The number of halogens is 2. The molecule has 3 rings (SSSR count). The van der Waals surface area contributed by atoms with Crippen LogP contribution in [0.3, 0.4) is 0 Å². The van der Waals surface area contributed by atoms with Gasteiger partial charge in [-0.05, 0) is 48.0 Å². The first-order valence-electron chi connectivity index (χ1n) is 9.27. The van der Waals surface area contributed by atoms with Crippen molar-refractivity contribution in [2.24, 2.45) is 5.73 Å². The molecule has 2 amide bonds. The molecule has 0 heterocycles. The maximum Gasteiger partial charge on any atom is 0.255 e. The first-order valence-corrected chi connectivity index (χ1v) is 11.9. The Hall–Kier alpha value is -3.07. The number of nitrogens with two attached hydrogens (primary N) is 1. The molecule has 0 atom stereocenters. The minimum Gasteiger partial charge on any atom is -0.366 e. The van der Waals surface area contributed by atoms with Gasteiger partial charge in [0.05, 0.1) is 29.7 Å². The Bertz CT molecular complexity index is 1260. The van der Waals surface area contributed by atoms with Gasteiger partial charge in [-0.15, -0.1) is 0 Å². The van der Waals surface area contributed by atoms with E-state index in [9.17, 15) is 18.0 Å². The molecule has 0 fully saturated rings. The first-order chi connectivity index (χ1) is 15.0. The Morgan fingerprint density at radius 3 is 2.12 bits per heavy atom. The first kappa shape index (κ1) is 23.6. The number of hydrogen-bond acceptors (Lipinski definition) is 4. The number of amides is 2. The largest absolute Gasteiger partial charge is 0.366 e. The van der Waals surface area contributed by atoms with E-state index in [1.54, 1.807) is 42.5 Å². The van der Waals surface area contributed by atoms with Crippen LogP contribution in [0, 0.1) is 0 Å². The molecule has 166 valence electrons. The molecule has 0 aliphatic heterocycles. The second-order valence-corrected chi connectivity index (χ2v) is 9.74. The molecule has 0 unspecified atom stereocenters. The summed E-state index contributed by atoms with van der Waals surface area (Å²) in [6, 6.07) is 17.3. The van der Waals surface area contributed by atoms with Crippen molar-refractivity contribution in [1.29, 1.82) is 0 Å². The lowest BCUT2D eigenvalue weighted by Gasteiger charge is -2.23. The van der Waals surface area contributed by atoms with Crippen LogP contribution in [0.5, 0.6) is 0 Å². The van der Waals surface area contributed by atoms with E-state index in [1.807, 2.05) is 0 Å². The van der Waals surface area contributed by atoms with Gasteiger partial charge in [-0.2, -0.15) is 0 Å². The minimum atomic E-state index is -3.64. The lowest BCUT2D eigenvalue weighted by molar-refractivity contribution is 0.100. The van der Waals surface area contributed by atoms with Gasteiger partial charge in [0.2, 0.25) is 10.0 Å². The van der Waals surface area contributed by atoms with E-state index >= 15 is 0 Å². The molecule has 3 N–H and O–H groups in total. The second kappa shape index (κ2) is 9.60. The summed E-state index contributed by atoms with van der Waals surface area (Å²) >= 11 is 12.0. The lowest BCUT2D eigenvalue weighted by atomic mass is 10.1. The number of rotatable bonds is 7. The number of carbonyl (C=O) groups is 2. The number of nitrogens with one attached hydrogen (secondary N) is 1. The maximum absolute atomic E-state index is 12.6. The number of anilines is 2. The fraction of sp³-hybridized carbons (Fsp3) is 0.0909. The van der Waals surface area contributed by atoms with E-state index in [2.05, 4.69) is 5.32 Å². The Morgan fingerprint density at radius 1 is 0.969 bits per heavy atom. The number of nitrogens with zero attached hydrogens (tertiary/aromatic N) is 1. The van der Waals surface area contributed by atoms with Crippen LogP contribution < -0.4 is 15.4 Å². The summed E-state index contributed by atoms with van der Waals surface area (Å²) in [6.07, 6.45) is 1.08. The van der Waals surface area contributed by atoms with Crippen LogP contribution in [0.2, 0.25) is 10.0 Å². The van der Waals surface area contributed by atoms with Crippen molar-refractivity contribution in [1.82, 2.24) is 0 Å². The summed E-state index contributed by atoms with van der Waals surface area (Å²) in [5, 5.41) is 3.27. The Kier molecular flexibility index (Phi) is 7.08. The third kappa shape index (κ3) is 5.79. The lowest BCUT2D eigenvalue weighted by Crippen LogP contribution is -2.29. The van der Waals surface area contributed by atoms with E-state index in [0.717, 1.165) is 6.26 Å². The van der Waals surface area contributed by atoms with Gasteiger partial charge in [-0.1, -0.05) is 47.5 Å². The van der Waals surface area contributed by atoms with Gasteiger partial charge in [0.15, 0.2) is 0 Å². The van der Waals surface area contributed by atoms with Gasteiger partial charge in [-0.25, -0.2) is 8.42 Å². The number of benzene rings is 3. The van der Waals surface area contributed by atoms with Crippen LogP contribution in [-0.2, 0) is 16.6 Å². The zero-order valence-corrected chi connectivity index (χ0v) is 19.2. The molecule has 32 heavy (non-hydrogen) atoms. The molecule has 0 radical (unpaired) electrons. The number of carbonyl (C=O) groups excluding carboxylic acids is 2. The third-order valence-electron chi connectivity index (χ3n) is 4.52. The quantitative estimate of drug-likeness (QED) is 0.512. The summed E-state index contributed by atoms with van der Waals surface area (Å²) in [7, 11) is -3.64. The van der Waals surface area contributed by atoms with Crippen LogP contribution in [0.15, 0.2) is 66.7 Å². The topological polar surface area (TPSA) is 110 Å². The van der Waals surface area contributed by atoms with Crippen molar-refractivity contribution in [2.45, 2.75) is 6.54 Å². The van der Waals surface area contributed by atoms with Crippen LogP contribution in [-0.4, -0.2) is 26.5 Å². The van der Waals surface area contributed by atoms with Gasteiger partial charge in [0.1, 0.15) is 0 Å². The van der Waals surface area contributed by atoms with Crippen LogP contribution in [0.4, 0.5) is 11.4 Å². The highest BCUT2D eigenvalue weighted by molar-refractivity contribution is 7.92. The third-order valence-corrected chi connectivity index (χ3v) is 6.10. The predicted molar refractivity (Wildman–Crippen MR) is 127 cm³/mol. The fourth-order valence-corrected chi connectivity index (χ4v) is 4.40. The van der Waals surface area contributed by atoms with Crippen molar-refractivity contribution < 1.29 is 18.0 Å². The fourth-order valence-electron chi connectivity index (χ4n) is 3.01. The molecule has 0 aromatic heterocycles. The SMILES string of the molecule is CS(=O)(=O)N(Cc1ccc(C(=O)Nc2ccccc2C(N)=O)cc1)c1cc(Cl)cc(Cl)c1. The summed E-state index contributed by atoms with van der Waals surface area (Å²) < 4.78 is 25.9. The van der Waals surface area contributed by atoms with Gasteiger partial charge in [-0.3, -0.25) is 13.9 Å². The number of hydrogen-bond donors (Lipinski definition) is 2. The van der Waals surface area contributed by atoms with Gasteiger partial charge in [0, 0.05) is 15.6 Å². The van der Waals surface area contributed by atoms with Gasteiger partial charge in [0.25, 0.3) is 11.8 Å². The molecule has 0 saturated carbocycles. The molecule has 0 saturated heterocycles. The molecule has 3 aromatic rings. The van der Waals surface area contributed by atoms with Crippen molar-refractivity contribution in [3.63, 3.8) is 0 Å². The molecular formula is C22H19Cl2N3O4S. The molecule has 0 spiro atoms. The summed E-state index contributed by atoms with van der Waals surface area (Å²) in [5.74, 6) is -1.09. The number of para-hydroxylation sites is 1. The highest BCUT2D eigenvalue weighted by Gasteiger charge is 2.19. The molecule has 0 aliphatic rings. The van der Waals surface area contributed by atoms with Crippen molar-refractivity contribution >= 4 is 56.4 Å². The molecule has 10 heteroatoms. The molecule has 7 nitrogen and oxygen atoms in total. The zero-order chi connectivity index (χ0) is 23.5. The van der Waals surface area contributed by atoms with Crippen molar-refractivity contribution in [2.75, 3.05) is 15.9 Å². The Morgan fingerprint density at radius 2 is 1.56 bits per heavy atom.